The number of ether oxygens (including phenoxy) is 1. The first-order chi connectivity index (χ1) is 11.1. The van der Waals surface area contributed by atoms with Crippen molar-refractivity contribution in [1.29, 1.82) is 0 Å². The van der Waals surface area contributed by atoms with Crippen LogP contribution in [0.2, 0.25) is 0 Å². The van der Waals surface area contributed by atoms with Crippen molar-refractivity contribution < 1.29 is 9.84 Å². The minimum atomic E-state index is -0.739. The molecule has 0 amide bonds. The summed E-state index contributed by atoms with van der Waals surface area (Å²) in [5.41, 5.74) is 2.75. The largest absolute Gasteiger partial charge is 0.497 e. The monoisotopic (exact) mass is 311 g/mol. The van der Waals surface area contributed by atoms with Crippen molar-refractivity contribution in [1.82, 2.24) is 4.90 Å². The molecule has 1 atom stereocenters. The van der Waals surface area contributed by atoms with Gasteiger partial charge in [-0.15, -0.1) is 0 Å². The van der Waals surface area contributed by atoms with E-state index in [0.717, 1.165) is 37.2 Å². The molecule has 122 valence electrons. The molecule has 2 aromatic carbocycles. The van der Waals surface area contributed by atoms with Crippen molar-refractivity contribution >= 4 is 0 Å². The SMILES string of the molecule is COc1ccc(CN2CCCC(O)(c3cccc(C)c3)C2)cc1. The first-order valence-corrected chi connectivity index (χ1v) is 8.24. The summed E-state index contributed by atoms with van der Waals surface area (Å²) < 4.78 is 5.21. The summed E-state index contributed by atoms with van der Waals surface area (Å²) in [5, 5.41) is 11.1. The van der Waals surface area contributed by atoms with Crippen LogP contribution in [0.5, 0.6) is 5.75 Å². The van der Waals surface area contributed by atoms with Crippen LogP contribution >= 0.6 is 0 Å². The van der Waals surface area contributed by atoms with Crippen molar-refractivity contribution in [3.8, 4) is 5.75 Å². The highest BCUT2D eigenvalue weighted by Crippen LogP contribution is 2.32. The highest BCUT2D eigenvalue weighted by Gasteiger charge is 2.34. The number of piperidine rings is 1. The van der Waals surface area contributed by atoms with Crippen molar-refractivity contribution in [2.75, 3.05) is 20.2 Å². The fourth-order valence-electron chi connectivity index (χ4n) is 3.42. The molecule has 0 aromatic heterocycles. The van der Waals surface area contributed by atoms with Crippen LogP contribution in [0.4, 0.5) is 0 Å². The number of benzene rings is 2. The predicted molar refractivity (Wildman–Crippen MR) is 92.6 cm³/mol. The third-order valence-electron chi connectivity index (χ3n) is 4.67. The Labute approximate surface area is 138 Å². The van der Waals surface area contributed by atoms with E-state index in [-0.39, 0.29) is 0 Å². The summed E-state index contributed by atoms with van der Waals surface area (Å²) in [5.74, 6) is 0.878. The lowest BCUT2D eigenvalue weighted by atomic mass is 9.85. The first kappa shape index (κ1) is 16.0. The Morgan fingerprint density at radius 3 is 2.65 bits per heavy atom. The number of nitrogens with zero attached hydrogens (tertiary/aromatic N) is 1. The Morgan fingerprint density at radius 2 is 1.96 bits per heavy atom. The number of rotatable bonds is 4. The first-order valence-electron chi connectivity index (χ1n) is 8.24. The van der Waals surface area contributed by atoms with E-state index in [1.165, 1.54) is 11.1 Å². The summed E-state index contributed by atoms with van der Waals surface area (Å²) >= 11 is 0. The zero-order valence-corrected chi connectivity index (χ0v) is 14.0. The standard InChI is InChI=1S/C20H25NO2/c1-16-5-3-6-18(13-16)20(22)11-4-12-21(15-20)14-17-7-9-19(23-2)10-8-17/h3,5-10,13,22H,4,11-12,14-15H2,1-2H3. The number of hydrogen-bond donors (Lipinski definition) is 1. The summed E-state index contributed by atoms with van der Waals surface area (Å²) in [6.45, 7) is 4.64. The number of aryl methyl sites for hydroxylation is 1. The van der Waals surface area contributed by atoms with Crippen LogP contribution in [0.15, 0.2) is 48.5 Å². The van der Waals surface area contributed by atoms with Gasteiger partial charge in [0.15, 0.2) is 0 Å². The number of hydrogen-bond acceptors (Lipinski definition) is 3. The summed E-state index contributed by atoms with van der Waals surface area (Å²) in [6.07, 6.45) is 1.84. The van der Waals surface area contributed by atoms with Crippen molar-refractivity contribution in [2.24, 2.45) is 0 Å². The molecule has 1 fully saturated rings. The minimum absolute atomic E-state index is 0.683. The van der Waals surface area contributed by atoms with Gasteiger partial charge in [-0.25, -0.2) is 0 Å². The van der Waals surface area contributed by atoms with Gasteiger partial charge in [-0.05, 0) is 49.6 Å². The fourth-order valence-corrected chi connectivity index (χ4v) is 3.42. The maximum Gasteiger partial charge on any atom is 0.118 e. The maximum absolute atomic E-state index is 11.1. The van der Waals surface area contributed by atoms with E-state index >= 15 is 0 Å². The second-order valence-electron chi connectivity index (χ2n) is 6.56. The number of aliphatic hydroxyl groups is 1. The average Bonchev–Trinajstić information content (AvgIpc) is 2.56. The molecule has 1 aliphatic heterocycles. The number of methoxy groups -OCH3 is 1. The van der Waals surface area contributed by atoms with Gasteiger partial charge in [-0.1, -0.05) is 42.0 Å². The van der Waals surface area contributed by atoms with Gasteiger partial charge in [-0.2, -0.15) is 0 Å². The zero-order valence-electron chi connectivity index (χ0n) is 14.0. The van der Waals surface area contributed by atoms with E-state index in [9.17, 15) is 5.11 Å². The molecule has 1 N–H and O–H groups in total. The lowest BCUT2D eigenvalue weighted by Gasteiger charge is -2.39. The lowest BCUT2D eigenvalue weighted by molar-refractivity contribution is -0.0381. The van der Waals surface area contributed by atoms with E-state index in [1.807, 2.05) is 24.3 Å². The summed E-state index contributed by atoms with van der Waals surface area (Å²) in [7, 11) is 1.68. The van der Waals surface area contributed by atoms with Crippen LogP contribution in [-0.2, 0) is 12.1 Å². The molecule has 3 nitrogen and oxygen atoms in total. The van der Waals surface area contributed by atoms with Crippen LogP contribution in [-0.4, -0.2) is 30.2 Å². The van der Waals surface area contributed by atoms with Gasteiger partial charge in [0.2, 0.25) is 0 Å². The lowest BCUT2D eigenvalue weighted by Crippen LogP contribution is -2.45. The summed E-state index contributed by atoms with van der Waals surface area (Å²) in [6, 6.07) is 16.4. The highest BCUT2D eigenvalue weighted by atomic mass is 16.5. The van der Waals surface area contributed by atoms with Crippen LogP contribution < -0.4 is 4.74 Å². The Kier molecular flexibility index (Phi) is 4.69. The van der Waals surface area contributed by atoms with Gasteiger partial charge < -0.3 is 9.84 Å². The minimum Gasteiger partial charge on any atom is -0.497 e. The van der Waals surface area contributed by atoms with Crippen LogP contribution in [0, 0.1) is 6.92 Å². The molecule has 1 heterocycles. The topological polar surface area (TPSA) is 32.7 Å². The van der Waals surface area contributed by atoms with E-state index in [1.54, 1.807) is 7.11 Å². The van der Waals surface area contributed by atoms with Crippen LogP contribution in [0.25, 0.3) is 0 Å². The molecule has 0 aliphatic carbocycles. The molecular formula is C20H25NO2. The maximum atomic E-state index is 11.1. The highest BCUT2D eigenvalue weighted by molar-refractivity contribution is 5.29. The molecular weight excluding hydrogens is 286 g/mol. The molecule has 0 bridgehead atoms. The second-order valence-corrected chi connectivity index (χ2v) is 6.56. The Bertz CT molecular complexity index is 653. The third-order valence-corrected chi connectivity index (χ3v) is 4.67. The third kappa shape index (κ3) is 3.74. The molecule has 0 radical (unpaired) electrons. The van der Waals surface area contributed by atoms with Crippen molar-refractivity contribution in [2.45, 2.75) is 31.9 Å². The molecule has 0 spiro atoms. The predicted octanol–water partition coefficient (Wildman–Crippen LogP) is 3.49. The Morgan fingerprint density at radius 1 is 1.17 bits per heavy atom. The molecule has 2 aromatic rings. The molecule has 3 heteroatoms. The molecule has 3 rings (SSSR count). The van der Waals surface area contributed by atoms with Crippen LogP contribution in [0.1, 0.15) is 29.5 Å². The summed E-state index contributed by atoms with van der Waals surface area (Å²) in [4.78, 5) is 2.34. The number of likely N-dealkylation sites (tertiary alicyclic amines) is 1. The van der Waals surface area contributed by atoms with Crippen molar-refractivity contribution in [3.05, 3.63) is 65.2 Å². The Balaban J connectivity index is 1.72. The van der Waals surface area contributed by atoms with Gasteiger partial charge in [0.05, 0.1) is 7.11 Å². The van der Waals surface area contributed by atoms with E-state index in [2.05, 4.69) is 36.1 Å². The molecule has 23 heavy (non-hydrogen) atoms. The fraction of sp³-hybridized carbons (Fsp3) is 0.400. The van der Waals surface area contributed by atoms with Gasteiger partial charge in [0, 0.05) is 13.1 Å². The van der Waals surface area contributed by atoms with Gasteiger partial charge in [0.1, 0.15) is 11.4 Å². The molecule has 1 aliphatic rings. The normalized spacial score (nSPS) is 22.0. The zero-order chi connectivity index (χ0) is 16.3. The van der Waals surface area contributed by atoms with E-state index in [0.29, 0.717) is 6.54 Å². The second kappa shape index (κ2) is 6.73. The van der Waals surface area contributed by atoms with Crippen LogP contribution in [0.3, 0.4) is 0 Å². The smallest absolute Gasteiger partial charge is 0.118 e. The molecule has 0 saturated carbocycles. The van der Waals surface area contributed by atoms with E-state index < -0.39 is 5.60 Å². The number of β-amino-alcohol motifs (C(OH)–C–C–N with tert-alkyl or cyclic N) is 1. The molecule has 1 unspecified atom stereocenters. The van der Waals surface area contributed by atoms with Gasteiger partial charge in [0.25, 0.3) is 0 Å². The van der Waals surface area contributed by atoms with Gasteiger partial charge >= 0.3 is 0 Å². The Hall–Kier alpha value is -1.84. The quantitative estimate of drug-likeness (QED) is 0.938. The van der Waals surface area contributed by atoms with Gasteiger partial charge in [-0.3, -0.25) is 4.90 Å². The van der Waals surface area contributed by atoms with Crippen molar-refractivity contribution in [3.63, 3.8) is 0 Å². The van der Waals surface area contributed by atoms with E-state index in [4.69, 9.17) is 4.74 Å². The molecule has 1 saturated heterocycles. The average molecular weight is 311 g/mol.